The molecule has 50 valence electrons. The molecule has 1 nitrogen and oxygen atoms in total. The Hall–Kier alpha value is -0.330. The molecular weight excluding hydrogens is 112 g/mol. The van der Waals surface area contributed by atoms with Crippen LogP contribution >= 0.6 is 0 Å². The summed E-state index contributed by atoms with van der Waals surface area (Å²) < 4.78 is 0. The van der Waals surface area contributed by atoms with E-state index in [4.69, 9.17) is 0 Å². The van der Waals surface area contributed by atoms with Gasteiger partial charge in [0.1, 0.15) is 5.78 Å². The average molecular weight is 124 g/mol. The van der Waals surface area contributed by atoms with Gasteiger partial charge >= 0.3 is 0 Å². The molecule has 2 fully saturated rings. The van der Waals surface area contributed by atoms with Crippen molar-refractivity contribution in [2.24, 2.45) is 11.8 Å². The molecule has 0 spiro atoms. The fraction of sp³-hybridized carbons (Fsp3) is 0.875. The van der Waals surface area contributed by atoms with Crippen molar-refractivity contribution in [3.8, 4) is 0 Å². The molecule has 0 heterocycles. The summed E-state index contributed by atoms with van der Waals surface area (Å²) in [7, 11) is 0. The molecule has 0 saturated heterocycles. The molecule has 0 atom stereocenters. The Bertz CT molecular complexity index is 132. The van der Waals surface area contributed by atoms with E-state index in [-0.39, 0.29) is 0 Å². The lowest BCUT2D eigenvalue weighted by Crippen LogP contribution is -2.22. The molecule has 2 aliphatic rings. The number of hydrogen-bond acceptors (Lipinski definition) is 1. The zero-order valence-corrected chi connectivity index (χ0v) is 5.60. The Labute approximate surface area is 55.4 Å². The van der Waals surface area contributed by atoms with E-state index in [1.165, 1.54) is 32.1 Å². The van der Waals surface area contributed by atoms with E-state index in [0.717, 1.165) is 0 Å². The molecular formula is C8H12O. The predicted molar refractivity (Wildman–Crippen MR) is 35.1 cm³/mol. The van der Waals surface area contributed by atoms with Crippen molar-refractivity contribution in [1.29, 1.82) is 0 Å². The first-order chi connectivity index (χ1) is 4.38. The van der Waals surface area contributed by atoms with E-state index in [2.05, 4.69) is 0 Å². The standard InChI is InChI=1S/C8H12O/c9-8(7-4-5-7)6-2-1-3-6/h6-7H,1-5H2. The lowest BCUT2D eigenvalue weighted by molar-refractivity contribution is -0.126. The molecule has 0 unspecified atom stereocenters. The second-order valence-corrected chi connectivity index (χ2v) is 3.30. The zero-order chi connectivity index (χ0) is 6.27. The SMILES string of the molecule is O=C(C1CCC1)C1CC1. The summed E-state index contributed by atoms with van der Waals surface area (Å²) in [6.07, 6.45) is 6.05. The number of ketones is 1. The van der Waals surface area contributed by atoms with Crippen molar-refractivity contribution in [2.75, 3.05) is 0 Å². The van der Waals surface area contributed by atoms with E-state index in [1.54, 1.807) is 0 Å². The topological polar surface area (TPSA) is 17.1 Å². The molecule has 9 heavy (non-hydrogen) atoms. The largest absolute Gasteiger partial charge is 0.299 e. The second-order valence-electron chi connectivity index (χ2n) is 3.30. The van der Waals surface area contributed by atoms with Gasteiger partial charge in [0.2, 0.25) is 0 Å². The van der Waals surface area contributed by atoms with Gasteiger partial charge in [0.25, 0.3) is 0 Å². The average Bonchev–Trinajstić information content (AvgIpc) is 2.37. The van der Waals surface area contributed by atoms with Gasteiger partial charge in [0, 0.05) is 11.8 Å². The molecule has 2 rings (SSSR count). The maximum Gasteiger partial charge on any atom is 0.139 e. The molecule has 0 amide bonds. The summed E-state index contributed by atoms with van der Waals surface area (Å²) in [4.78, 5) is 11.2. The van der Waals surface area contributed by atoms with Crippen LogP contribution in [0.1, 0.15) is 32.1 Å². The van der Waals surface area contributed by atoms with Gasteiger partial charge in [-0.1, -0.05) is 6.42 Å². The van der Waals surface area contributed by atoms with Gasteiger partial charge in [0.05, 0.1) is 0 Å². The molecule has 0 radical (unpaired) electrons. The highest BCUT2D eigenvalue weighted by Gasteiger charge is 2.36. The molecule has 2 aliphatic carbocycles. The van der Waals surface area contributed by atoms with Crippen LogP contribution in [0.3, 0.4) is 0 Å². The third-order valence-corrected chi connectivity index (χ3v) is 2.49. The highest BCUT2D eigenvalue weighted by molar-refractivity contribution is 5.86. The number of Topliss-reactive ketones (excluding diaryl/α,β-unsaturated/α-hetero) is 1. The monoisotopic (exact) mass is 124 g/mol. The van der Waals surface area contributed by atoms with Gasteiger partial charge in [-0.25, -0.2) is 0 Å². The third kappa shape index (κ3) is 0.887. The Morgan fingerprint density at radius 1 is 1.00 bits per heavy atom. The van der Waals surface area contributed by atoms with Crippen LogP contribution < -0.4 is 0 Å². The minimum Gasteiger partial charge on any atom is -0.299 e. The summed E-state index contributed by atoms with van der Waals surface area (Å²) >= 11 is 0. The predicted octanol–water partition coefficient (Wildman–Crippen LogP) is 1.77. The molecule has 0 N–H and O–H groups in total. The molecule has 0 aromatic rings. The van der Waals surface area contributed by atoms with Crippen molar-refractivity contribution in [1.82, 2.24) is 0 Å². The normalized spacial score (nSPS) is 27.6. The Morgan fingerprint density at radius 2 is 1.56 bits per heavy atom. The Kier molecular flexibility index (Phi) is 1.11. The maximum absolute atomic E-state index is 11.2. The van der Waals surface area contributed by atoms with Crippen molar-refractivity contribution in [2.45, 2.75) is 32.1 Å². The second kappa shape index (κ2) is 1.83. The molecule has 2 saturated carbocycles. The van der Waals surface area contributed by atoms with Crippen LogP contribution in [0.5, 0.6) is 0 Å². The minimum absolute atomic E-state index is 0.498. The summed E-state index contributed by atoms with van der Waals surface area (Å²) in [6.45, 7) is 0. The van der Waals surface area contributed by atoms with Crippen molar-refractivity contribution in [3.05, 3.63) is 0 Å². The van der Waals surface area contributed by atoms with Crippen LogP contribution in [0.25, 0.3) is 0 Å². The van der Waals surface area contributed by atoms with Crippen molar-refractivity contribution < 1.29 is 4.79 Å². The highest BCUT2D eigenvalue weighted by Crippen LogP contribution is 2.38. The van der Waals surface area contributed by atoms with Crippen LogP contribution in [0.4, 0.5) is 0 Å². The van der Waals surface area contributed by atoms with E-state index < -0.39 is 0 Å². The molecule has 0 aromatic heterocycles. The third-order valence-electron chi connectivity index (χ3n) is 2.49. The molecule has 0 aliphatic heterocycles. The van der Waals surface area contributed by atoms with E-state index in [9.17, 15) is 4.79 Å². The first-order valence-corrected chi connectivity index (χ1v) is 3.91. The van der Waals surface area contributed by atoms with Gasteiger partial charge in [-0.2, -0.15) is 0 Å². The Balaban J connectivity index is 1.88. The summed E-state index contributed by atoms with van der Waals surface area (Å²) in [5, 5.41) is 0. The number of carbonyl (C=O) groups is 1. The Morgan fingerprint density at radius 3 is 1.89 bits per heavy atom. The van der Waals surface area contributed by atoms with Gasteiger partial charge in [-0.05, 0) is 25.7 Å². The first kappa shape index (κ1) is 5.45. The van der Waals surface area contributed by atoms with Crippen molar-refractivity contribution in [3.63, 3.8) is 0 Å². The number of carbonyl (C=O) groups excluding carboxylic acids is 1. The summed E-state index contributed by atoms with van der Waals surface area (Å²) in [6, 6.07) is 0. The quantitative estimate of drug-likeness (QED) is 0.548. The number of hydrogen-bond donors (Lipinski definition) is 0. The van der Waals surface area contributed by atoms with Crippen LogP contribution in [0.2, 0.25) is 0 Å². The lowest BCUT2D eigenvalue weighted by Gasteiger charge is -2.23. The highest BCUT2D eigenvalue weighted by atomic mass is 16.1. The zero-order valence-electron chi connectivity index (χ0n) is 5.60. The van der Waals surface area contributed by atoms with Crippen molar-refractivity contribution >= 4 is 5.78 Å². The van der Waals surface area contributed by atoms with Crippen LogP contribution in [0.15, 0.2) is 0 Å². The smallest absolute Gasteiger partial charge is 0.139 e. The van der Waals surface area contributed by atoms with Crippen LogP contribution in [0, 0.1) is 11.8 Å². The van der Waals surface area contributed by atoms with Gasteiger partial charge < -0.3 is 0 Å². The molecule has 0 aromatic carbocycles. The fourth-order valence-electron chi connectivity index (χ4n) is 1.39. The fourth-order valence-corrected chi connectivity index (χ4v) is 1.39. The van der Waals surface area contributed by atoms with E-state index in [0.29, 0.717) is 17.6 Å². The minimum atomic E-state index is 0.498. The number of rotatable bonds is 2. The summed E-state index contributed by atoms with van der Waals surface area (Å²) in [5.41, 5.74) is 0. The van der Waals surface area contributed by atoms with Gasteiger partial charge in [-0.3, -0.25) is 4.79 Å². The molecule has 1 heteroatoms. The maximum atomic E-state index is 11.2. The van der Waals surface area contributed by atoms with Gasteiger partial charge in [0.15, 0.2) is 0 Å². The van der Waals surface area contributed by atoms with Gasteiger partial charge in [-0.15, -0.1) is 0 Å². The van der Waals surface area contributed by atoms with E-state index in [1.807, 2.05) is 0 Å². The molecule has 0 bridgehead atoms. The summed E-state index contributed by atoms with van der Waals surface area (Å²) in [5.74, 6) is 1.59. The van der Waals surface area contributed by atoms with Crippen LogP contribution in [-0.4, -0.2) is 5.78 Å². The van der Waals surface area contributed by atoms with Crippen LogP contribution in [-0.2, 0) is 4.79 Å². The van der Waals surface area contributed by atoms with E-state index >= 15 is 0 Å². The first-order valence-electron chi connectivity index (χ1n) is 3.91. The lowest BCUT2D eigenvalue weighted by atomic mass is 9.81.